The Morgan fingerprint density at radius 2 is 1.29 bits per heavy atom. The first-order valence-corrected chi connectivity index (χ1v) is 7.38. The number of rotatable bonds is 0. The molecule has 5 aromatic rings. The highest BCUT2D eigenvalue weighted by Gasteiger charge is 2.12. The molecule has 0 fully saturated rings. The largest absolute Gasteiger partial charge is 0.0836 e. The zero-order valence-corrected chi connectivity index (χ0v) is 11.9. The summed E-state index contributed by atoms with van der Waals surface area (Å²) >= 11 is 6.29. The van der Waals surface area contributed by atoms with Crippen LogP contribution >= 0.6 is 11.6 Å². The van der Waals surface area contributed by atoms with Gasteiger partial charge in [-0.05, 0) is 43.8 Å². The third kappa shape index (κ3) is 1.40. The van der Waals surface area contributed by atoms with Crippen molar-refractivity contribution in [2.45, 2.75) is 0 Å². The molecule has 0 amide bonds. The van der Waals surface area contributed by atoms with Crippen molar-refractivity contribution in [3.05, 3.63) is 71.8 Å². The molecule has 0 aliphatic carbocycles. The molecule has 0 bridgehead atoms. The third-order valence-electron chi connectivity index (χ3n) is 4.34. The number of halogens is 1. The topological polar surface area (TPSA) is 0 Å². The molecular formula is C20H10Cl. The minimum absolute atomic E-state index is 0.672. The number of hydrogen-bond acceptors (Lipinski definition) is 0. The summed E-state index contributed by atoms with van der Waals surface area (Å²) in [6.07, 6.45) is 0. The van der Waals surface area contributed by atoms with E-state index in [-0.39, 0.29) is 0 Å². The molecular weight excluding hydrogens is 276 g/mol. The van der Waals surface area contributed by atoms with Crippen molar-refractivity contribution in [2.75, 3.05) is 0 Å². The average molecular weight is 286 g/mol. The van der Waals surface area contributed by atoms with Gasteiger partial charge in [0.15, 0.2) is 0 Å². The zero-order valence-electron chi connectivity index (χ0n) is 11.2. The fraction of sp³-hybridized carbons (Fsp3) is 0. The molecule has 5 rings (SSSR count). The van der Waals surface area contributed by atoms with Crippen molar-refractivity contribution < 1.29 is 0 Å². The zero-order chi connectivity index (χ0) is 14.0. The summed E-state index contributed by atoms with van der Waals surface area (Å²) in [5.41, 5.74) is 0. The Hall–Kier alpha value is -2.31. The van der Waals surface area contributed by atoms with Gasteiger partial charge >= 0.3 is 0 Å². The molecule has 5 aromatic carbocycles. The fourth-order valence-electron chi connectivity index (χ4n) is 3.52. The summed E-state index contributed by atoms with van der Waals surface area (Å²) < 4.78 is 0. The molecule has 0 saturated heterocycles. The molecule has 0 unspecified atom stereocenters. The lowest BCUT2D eigenvalue weighted by Gasteiger charge is -2.14. The number of hydrogen-bond donors (Lipinski definition) is 0. The Kier molecular flexibility index (Phi) is 2.09. The van der Waals surface area contributed by atoms with Crippen LogP contribution in [0.2, 0.25) is 5.02 Å². The lowest BCUT2D eigenvalue weighted by Crippen LogP contribution is -1.86. The van der Waals surface area contributed by atoms with Crippen LogP contribution in [0.25, 0.3) is 43.1 Å². The second-order valence-corrected chi connectivity index (χ2v) is 5.88. The Balaban J connectivity index is 2.29. The maximum Gasteiger partial charge on any atom is 0.0497 e. The van der Waals surface area contributed by atoms with Gasteiger partial charge in [0.2, 0.25) is 0 Å². The minimum atomic E-state index is 0.672. The highest BCUT2D eigenvalue weighted by molar-refractivity contribution is 6.37. The Morgan fingerprint density at radius 3 is 2.05 bits per heavy atom. The van der Waals surface area contributed by atoms with E-state index in [1.807, 2.05) is 6.07 Å². The van der Waals surface area contributed by atoms with E-state index in [1.165, 1.54) is 37.7 Å². The van der Waals surface area contributed by atoms with E-state index in [0.717, 1.165) is 5.39 Å². The van der Waals surface area contributed by atoms with E-state index in [1.54, 1.807) is 0 Å². The predicted molar refractivity (Wildman–Crippen MR) is 91.5 cm³/mol. The van der Waals surface area contributed by atoms with Crippen molar-refractivity contribution in [3.8, 4) is 0 Å². The van der Waals surface area contributed by atoms with Gasteiger partial charge in [0, 0.05) is 16.5 Å². The molecule has 0 spiro atoms. The molecule has 97 valence electrons. The van der Waals surface area contributed by atoms with E-state index in [2.05, 4.69) is 60.7 Å². The summed E-state index contributed by atoms with van der Waals surface area (Å²) in [5.74, 6) is 0. The predicted octanol–water partition coefficient (Wildman–Crippen LogP) is 6.19. The van der Waals surface area contributed by atoms with Crippen LogP contribution in [0.5, 0.6) is 0 Å². The fourth-order valence-corrected chi connectivity index (χ4v) is 3.74. The van der Waals surface area contributed by atoms with Gasteiger partial charge in [-0.2, -0.15) is 0 Å². The lowest BCUT2D eigenvalue weighted by atomic mass is 9.90. The van der Waals surface area contributed by atoms with Gasteiger partial charge in [-0.25, -0.2) is 0 Å². The van der Waals surface area contributed by atoms with Crippen molar-refractivity contribution in [3.63, 3.8) is 0 Å². The molecule has 0 heterocycles. The van der Waals surface area contributed by atoms with Crippen LogP contribution in [0.1, 0.15) is 0 Å². The first kappa shape index (κ1) is 11.4. The lowest BCUT2D eigenvalue weighted by molar-refractivity contribution is 1.77. The van der Waals surface area contributed by atoms with Crippen LogP contribution in [0.15, 0.2) is 60.7 Å². The SMILES string of the molecule is Clc1[c]c2c3cccc4cccc(c5cccc(c1)c25)c43. The van der Waals surface area contributed by atoms with E-state index in [4.69, 9.17) is 11.6 Å². The maximum atomic E-state index is 6.29. The molecule has 0 nitrogen and oxygen atoms in total. The Labute approximate surface area is 126 Å². The van der Waals surface area contributed by atoms with Gasteiger partial charge in [-0.3, -0.25) is 0 Å². The van der Waals surface area contributed by atoms with Crippen LogP contribution in [-0.4, -0.2) is 0 Å². The monoisotopic (exact) mass is 285 g/mol. The smallest absolute Gasteiger partial charge is 0.0497 e. The van der Waals surface area contributed by atoms with Gasteiger partial charge in [-0.15, -0.1) is 0 Å². The normalized spacial score (nSPS) is 12.0. The van der Waals surface area contributed by atoms with Crippen molar-refractivity contribution in [1.29, 1.82) is 0 Å². The van der Waals surface area contributed by atoms with Crippen LogP contribution < -0.4 is 0 Å². The van der Waals surface area contributed by atoms with E-state index < -0.39 is 0 Å². The standard InChI is InChI=1S/C20H10Cl/c21-14-10-13-6-3-8-16-15-7-1-4-12-5-2-9-17(19(12)15)18(11-14)20(13)16/h1-10H. The molecule has 1 heteroatoms. The highest BCUT2D eigenvalue weighted by atomic mass is 35.5. The Bertz CT molecular complexity index is 1130. The third-order valence-corrected chi connectivity index (χ3v) is 4.54. The van der Waals surface area contributed by atoms with Crippen molar-refractivity contribution in [1.82, 2.24) is 0 Å². The molecule has 0 saturated carbocycles. The summed E-state index contributed by atoms with van der Waals surface area (Å²) in [5, 5.41) is 10.6. The first-order valence-electron chi connectivity index (χ1n) is 7.00. The molecule has 1 radical (unpaired) electrons. The van der Waals surface area contributed by atoms with Gasteiger partial charge in [0.25, 0.3) is 0 Å². The second-order valence-electron chi connectivity index (χ2n) is 5.47. The van der Waals surface area contributed by atoms with Gasteiger partial charge in [-0.1, -0.05) is 66.2 Å². The maximum absolute atomic E-state index is 6.29. The highest BCUT2D eigenvalue weighted by Crippen LogP contribution is 2.40. The van der Waals surface area contributed by atoms with Gasteiger partial charge in [0.05, 0.1) is 0 Å². The van der Waals surface area contributed by atoms with Crippen LogP contribution in [0.3, 0.4) is 0 Å². The second kappa shape index (κ2) is 3.87. The minimum Gasteiger partial charge on any atom is -0.0836 e. The average Bonchev–Trinajstić information content (AvgIpc) is 2.51. The summed E-state index contributed by atoms with van der Waals surface area (Å²) in [7, 11) is 0. The first-order chi connectivity index (χ1) is 10.3. The molecule has 21 heavy (non-hydrogen) atoms. The van der Waals surface area contributed by atoms with E-state index in [0.29, 0.717) is 5.02 Å². The van der Waals surface area contributed by atoms with Crippen molar-refractivity contribution >= 4 is 54.7 Å². The van der Waals surface area contributed by atoms with E-state index in [9.17, 15) is 0 Å². The Morgan fingerprint density at radius 1 is 0.667 bits per heavy atom. The van der Waals surface area contributed by atoms with E-state index >= 15 is 0 Å². The summed E-state index contributed by atoms with van der Waals surface area (Å²) in [6, 6.07) is 24.7. The molecule has 0 aliphatic rings. The van der Waals surface area contributed by atoms with Crippen LogP contribution in [-0.2, 0) is 0 Å². The van der Waals surface area contributed by atoms with Crippen LogP contribution in [0, 0.1) is 6.07 Å². The molecule has 0 aromatic heterocycles. The molecule has 0 N–H and O–H groups in total. The van der Waals surface area contributed by atoms with Gasteiger partial charge in [0.1, 0.15) is 0 Å². The molecule has 0 aliphatic heterocycles. The molecule has 0 atom stereocenters. The van der Waals surface area contributed by atoms with Crippen LogP contribution in [0.4, 0.5) is 0 Å². The van der Waals surface area contributed by atoms with Gasteiger partial charge < -0.3 is 0 Å². The number of fused-ring (bicyclic) bond motifs is 2. The number of benzene rings is 5. The summed E-state index contributed by atoms with van der Waals surface area (Å²) in [6.45, 7) is 0. The van der Waals surface area contributed by atoms with Crippen molar-refractivity contribution in [2.24, 2.45) is 0 Å². The summed E-state index contributed by atoms with van der Waals surface area (Å²) in [4.78, 5) is 0. The quantitative estimate of drug-likeness (QED) is 0.235.